The lowest BCUT2D eigenvalue weighted by atomic mass is 10.1. The average Bonchev–Trinajstić information content (AvgIpc) is 2.77. The van der Waals surface area contributed by atoms with Crippen molar-refractivity contribution < 1.29 is 4.79 Å². The molecule has 1 heterocycles. The van der Waals surface area contributed by atoms with Crippen LogP contribution in [0.1, 0.15) is 21.5 Å². The van der Waals surface area contributed by atoms with E-state index in [0.717, 1.165) is 35.7 Å². The standard InChI is InChI=1S/C18H16ClNO/c1-13-7-8-15-16(12-21)18(19)20(17(15)11-13)10-9-14-5-3-2-4-6-14/h2-8,11-12H,9-10H2,1H3. The predicted octanol–water partition coefficient (Wildman–Crippen LogP) is 4.66. The molecule has 1 aromatic heterocycles. The number of rotatable bonds is 4. The zero-order valence-electron chi connectivity index (χ0n) is 11.8. The van der Waals surface area contributed by atoms with E-state index in [0.29, 0.717) is 10.7 Å². The first kappa shape index (κ1) is 13.9. The van der Waals surface area contributed by atoms with Crippen molar-refractivity contribution in [1.29, 1.82) is 0 Å². The van der Waals surface area contributed by atoms with Gasteiger partial charge in [-0.15, -0.1) is 0 Å². The molecule has 0 aliphatic carbocycles. The molecule has 0 spiro atoms. The summed E-state index contributed by atoms with van der Waals surface area (Å²) in [5, 5.41) is 1.45. The predicted molar refractivity (Wildman–Crippen MR) is 87.2 cm³/mol. The van der Waals surface area contributed by atoms with Crippen LogP contribution in [-0.4, -0.2) is 10.9 Å². The fourth-order valence-corrected chi connectivity index (χ4v) is 2.99. The molecule has 0 fully saturated rings. The Bertz CT molecular complexity index is 790. The van der Waals surface area contributed by atoms with E-state index in [1.54, 1.807) is 0 Å². The SMILES string of the molecule is Cc1ccc2c(C=O)c(Cl)n(CCc3ccccc3)c2c1. The highest BCUT2D eigenvalue weighted by Crippen LogP contribution is 2.29. The number of fused-ring (bicyclic) bond motifs is 1. The number of aryl methyl sites for hydroxylation is 3. The van der Waals surface area contributed by atoms with E-state index in [-0.39, 0.29) is 0 Å². The Hall–Kier alpha value is -2.06. The molecule has 21 heavy (non-hydrogen) atoms. The molecule has 3 aromatic rings. The molecule has 2 nitrogen and oxygen atoms in total. The zero-order chi connectivity index (χ0) is 14.8. The van der Waals surface area contributed by atoms with Crippen molar-refractivity contribution in [3.05, 3.63) is 70.4 Å². The van der Waals surface area contributed by atoms with Crippen molar-refractivity contribution in [2.45, 2.75) is 19.9 Å². The summed E-state index contributed by atoms with van der Waals surface area (Å²) >= 11 is 6.40. The second kappa shape index (κ2) is 5.74. The lowest BCUT2D eigenvalue weighted by Crippen LogP contribution is -2.01. The molecule has 0 unspecified atom stereocenters. The fraction of sp³-hybridized carbons (Fsp3) is 0.167. The molecular formula is C18H16ClNO. The van der Waals surface area contributed by atoms with E-state index in [9.17, 15) is 4.79 Å². The van der Waals surface area contributed by atoms with Crippen molar-refractivity contribution in [2.75, 3.05) is 0 Å². The van der Waals surface area contributed by atoms with Crippen molar-refractivity contribution in [3.8, 4) is 0 Å². The van der Waals surface area contributed by atoms with Crippen LogP contribution in [0.5, 0.6) is 0 Å². The van der Waals surface area contributed by atoms with E-state index >= 15 is 0 Å². The van der Waals surface area contributed by atoms with Crippen molar-refractivity contribution in [2.24, 2.45) is 0 Å². The maximum absolute atomic E-state index is 11.3. The molecule has 0 bridgehead atoms. The summed E-state index contributed by atoms with van der Waals surface area (Å²) in [6.07, 6.45) is 1.73. The van der Waals surface area contributed by atoms with Crippen LogP contribution in [0, 0.1) is 6.92 Å². The van der Waals surface area contributed by atoms with Crippen LogP contribution in [0.2, 0.25) is 5.15 Å². The third-order valence-electron chi connectivity index (χ3n) is 3.78. The third kappa shape index (κ3) is 2.59. The third-order valence-corrected chi connectivity index (χ3v) is 4.19. The van der Waals surface area contributed by atoms with Gasteiger partial charge < -0.3 is 4.57 Å². The molecule has 0 atom stereocenters. The van der Waals surface area contributed by atoms with Crippen LogP contribution in [-0.2, 0) is 13.0 Å². The van der Waals surface area contributed by atoms with Crippen LogP contribution >= 0.6 is 11.6 Å². The Labute approximate surface area is 129 Å². The van der Waals surface area contributed by atoms with Crippen LogP contribution < -0.4 is 0 Å². The molecule has 0 amide bonds. The Balaban J connectivity index is 2.03. The number of aldehydes is 1. The monoisotopic (exact) mass is 297 g/mol. The van der Waals surface area contributed by atoms with Gasteiger partial charge in [0.2, 0.25) is 0 Å². The second-order valence-corrected chi connectivity index (χ2v) is 5.59. The highest BCUT2D eigenvalue weighted by Gasteiger charge is 2.15. The number of hydrogen-bond acceptors (Lipinski definition) is 1. The van der Waals surface area contributed by atoms with E-state index in [2.05, 4.69) is 18.2 Å². The molecule has 0 N–H and O–H groups in total. The van der Waals surface area contributed by atoms with Gasteiger partial charge >= 0.3 is 0 Å². The molecule has 0 aliphatic heterocycles. The van der Waals surface area contributed by atoms with Gasteiger partial charge in [0, 0.05) is 11.9 Å². The van der Waals surface area contributed by atoms with Gasteiger partial charge in [0.05, 0.1) is 11.1 Å². The molecule has 106 valence electrons. The van der Waals surface area contributed by atoms with Gasteiger partial charge in [-0.1, -0.05) is 54.1 Å². The van der Waals surface area contributed by atoms with Gasteiger partial charge in [0.15, 0.2) is 6.29 Å². The Morgan fingerprint density at radius 2 is 1.90 bits per heavy atom. The quantitative estimate of drug-likeness (QED) is 0.642. The zero-order valence-corrected chi connectivity index (χ0v) is 12.6. The smallest absolute Gasteiger partial charge is 0.153 e. The molecule has 0 saturated heterocycles. The molecular weight excluding hydrogens is 282 g/mol. The molecule has 3 rings (SSSR count). The molecule has 3 heteroatoms. The van der Waals surface area contributed by atoms with E-state index in [1.807, 2.05) is 41.8 Å². The van der Waals surface area contributed by atoms with E-state index in [1.165, 1.54) is 5.56 Å². The maximum Gasteiger partial charge on any atom is 0.153 e. The Morgan fingerprint density at radius 3 is 2.62 bits per heavy atom. The van der Waals surface area contributed by atoms with Gasteiger partial charge in [-0.3, -0.25) is 4.79 Å². The largest absolute Gasteiger partial charge is 0.331 e. The molecule has 2 aromatic carbocycles. The topological polar surface area (TPSA) is 22.0 Å². The van der Waals surface area contributed by atoms with Crippen LogP contribution in [0.3, 0.4) is 0 Å². The second-order valence-electron chi connectivity index (χ2n) is 5.23. The number of hydrogen-bond donors (Lipinski definition) is 0. The van der Waals surface area contributed by atoms with E-state index in [4.69, 9.17) is 11.6 Å². The van der Waals surface area contributed by atoms with Crippen LogP contribution in [0.4, 0.5) is 0 Å². The first-order chi connectivity index (χ1) is 10.2. The summed E-state index contributed by atoms with van der Waals surface area (Å²) in [4.78, 5) is 11.3. The van der Waals surface area contributed by atoms with E-state index < -0.39 is 0 Å². The Morgan fingerprint density at radius 1 is 1.14 bits per heavy atom. The number of halogens is 1. The fourth-order valence-electron chi connectivity index (χ4n) is 2.67. The number of nitrogens with zero attached hydrogens (tertiary/aromatic N) is 1. The minimum absolute atomic E-state index is 0.529. The molecule has 0 aliphatic rings. The highest BCUT2D eigenvalue weighted by atomic mass is 35.5. The summed E-state index contributed by atoms with van der Waals surface area (Å²) in [7, 11) is 0. The van der Waals surface area contributed by atoms with Crippen molar-refractivity contribution in [3.63, 3.8) is 0 Å². The summed E-state index contributed by atoms with van der Waals surface area (Å²) in [6.45, 7) is 2.80. The summed E-state index contributed by atoms with van der Waals surface area (Å²) in [5.41, 5.74) is 4.03. The summed E-state index contributed by atoms with van der Waals surface area (Å²) in [6, 6.07) is 16.3. The first-order valence-electron chi connectivity index (χ1n) is 6.98. The number of aromatic nitrogens is 1. The van der Waals surface area contributed by atoms with Gasteiger partial charge in [-0.2, -0.15) is 0 Å². The lowest BCUT2D eigenvalue weighted by molar-refractivity contribution is 0.112. The minimum atomic E-state index is 0.529. The van der Waals surface area contributed by atoms with Gasteiger partial charge in [-0.25, -0.2) is 0 Å². The number of carbonyl (C=O) groups is 1. The summed E-state index contributed by atoms with van der Waals surface area (Å²) in [5.74, 6) is 0. The molecule has 0 radical (unpaired) electrons. The summed E-state index contributed by atoms with van der Waals surface area (Å²) < 4.78 is 2.03. The minimum Gasteiger partial charge on any atom is -0.331 e. The van der Waals surface area contributed by atoms with Crippen LogP contribution in [0.25, 0.3) is 10.9 Å². The number of benzene rings is 2. The van der Waals surface area contributed by atoms with Gasteiger partial charge in [0.1, 0.15) is 5.15 Å². The number of carbonyl (C=O) groups excluding carboxylic acids is 1. The first-order valence-corrected chi connectivity index (χ1v) is 7.36. The average molecular weight is 298 g/mol. The van der Waals surface area contributed by atoms with Gasteiger partial charge in [0.25, 0.3) is 0 Å². The van der Waals surface area contributed by atoms with Gasteiger partial charge in [-0.05, 0) is 30.5 Å². The lowest BCUT2D eigenvalue weighted by Gasteiger charge is -2.08. The highest BCUT2D eigenvalue weighted by molar-refractivity contribution is 6.34. The van der Waals surface area contributed by atoms with Crippen LogP contribution in [0.15, 0.2) is 48.5 Å². The normalized spacial score (nSPS) is 11.0. The van der Waals surface area contributed by atoms with Crippen molar-refractivity contribution in [1.82, 2.24) is 4.57 Å². The van der Waals surface area contributed by atoms with Crippen molar-refractivity contribution >= 4 is 28.8 Å². The Kier molecular flexibility index (Phi) is 3.80. The molecule has 0 saturated carbocycles. The maximum atomic E-state index is 11.3.